The number of carbonyl (C=O) groups is 1. The maximum absolute atomic E-state index is 10.8. The van der Waals surface area contributed by atoms with Crippen LogP contribution in [-0.2, 0) is 18.3 Å². The predicted octanol–water partition coefficient (Wildman–Crippen LogP) is 1.54. The molecule has 0 saturated heterocycles. The molecule has 1 atom stereocenters. The molecule has 5 nitrogen and oxygen atoms in total. The Balaban J connectivity index is 2.35. The number of imidazole rings is 1. The lowest BCUT2D eigenvalue weighted by molar-refractivity contribution is -0.141. The molecule has 5 heteroatoms. The number of aromatic nitrogens is 3. The first kappa shape index (κ1) is 11.6. The number of aliphatic carboxylic acids is 1. The van der Waals surface area contributed by atoms with Gasteiger partial charge in [0, 0.05) is 13.2 Å². The van der Waals surface area contributed by atoms with Crippen LogP contribution in [0.5, 0.6) is 0 Å². The lowest BCUT2D eigenvalue weighted by atomic mass is 10.0. The van der Waals surface area contributed by atoms with Gasteiger partial charge < -0.3 is 9.67 Å². The fraction of sp³-hybridized carbons (Fsp3) is 0.417. The third kappa shape index (κ3) is 2.13. The first-order valence-electron chi connectivity index (χ1n) is 5.50. The molecule has 0 fully saturated rings. The first-order chi connectivity index (χ1) is 7.99. The van der Waals surface area contributed by atoms with E-state index >= 15 is 0 Å². The van der Waals surface area contributed by atoms with Crippen LogP contribution in [0.1, 0.15) is 18.3 Å². The summed E-state index contributed by atoms with van der Waals surface area (Å²) in [6.45, 7) is 3.61. The minimum atomic E-state index is -0.790. The van der Waals surface area contributed by atoms with Crippen LogP contribution >= 0.6 is 0 Å². The van der Waals surface area contributed by atoms with Crippen molar-refractivity contribution in [1.29, 1.82) is 0 Å². The number of nitrogens with zero attached hydrogens (tertiary/aromatic N) is 3. The molecule has 1 N–H and O–H groups in total. The van der Waals surface area contributed by atoms with Gasteiger partial charge in [0.25, 0.3) is 0 Å². The summed E-state index contributed by atoms with van der Waals surface area (Å²) >= 11 is 0. The summed E-state index contributed by atoms with van der Waals surface area (Å²) in [5, 5.41) is 8.86. The van der Waals surface area contributed by atoms with Crippen LogP contribution in [0.15, 0.2) is 12.3 Å². The Kier molecular flexibility index (Phi) is 2.83. The van der Waals surface area contributed by atoms with Crippen molar-refractivity contribution in [2.45, 2.75) is 20.3 Å². The predicted molar refractivity (Wildman–Crippen MR) is 63.7 cm³/mol. The molecule has 2 aromatic heterocycles. The number of pyridine rings is 1. The van der Waals surface area contributed by atoms with Crippen molar-refractivity contribution in [2.24, 2.45) is 13.0 Å². The zero-order chi connectivity index (χ0) is 12.6. The third-order valence-corrected chi connectivity index (χ3v) is 2.95. The molecule has 0 spiro atoms. The molecule has 17 heavy (non-hydrogen) atoms. The average Bonchev–Trinajstić information content (AvgIpc) is 2.54. The summed E-state index contributed by atoms with van der Waals surface area (Å²) in [5.41, 5.74) is 2.56. The summed E-state index contributed by atoms with van der Waals surface area (Å²) in [6, 6.07) is 1.91. The van der Waals surface area contributed by atoms with Crippen molar-refractivity contribution in [3.05, 3.63) is 23.7 Å². The van der Waals surface area contributed by atoms with E-state index in [2.05, 4.69) is 9.97 Å². The lowest BCUT2D eigenvalue weighted by Gasteiger charge is -2.05. The quantitative estimate of drug-likeness (QED) is 0.873. The van der Waals surface area contributed by atoms with E-state index in [1.54, 1.807) is 13.1 Å². The van der Waals surface area contributed by atoms with Crippen molar-refractivity contribution < 1.29 is 9.90 Å². The van der Waals surface area contributed by atoms with E-state index in [4.69, 9.17) is 5.11 Å². The van der Waals surface area contributed by atoms with E-state index in [0.29, 0.717) is 6.42 Å². The molecule has 2 aromatic rings. The van der Waals surface area contributed by atoms with E-state index in [1.807, 2.05) is 24.6 Å². The molecule has 0 aliphatic heterocycles. The minimum Gasteiger partial charge on any atom is -0.481 e. The highest BCUT2D eigenvalue weighted by Gasteiger charge is 2.13. The Morgan fingerprint density at radius 2 is 2.29 bits per heavy atom. The van der Waals surface area contributed by atoms with Gasteiger partial charge in [-0.15, -0.1) is 0 Å². The minimum absolute atomic E-state index is 0.404. The second kappa shape index (κ2) is 4.16. The Morgan fingerprint density at radius 1 is 1.59 bits per heavy atom. The molecule has 0 bridgehead atoms. The molecular formula is C12H15N3O2. The first-order valence-corrected chi connectivity index (χ1v) is 5.50. The fourth-order valence-corrected chi connectivity index (χ4v) is 1.78. The molecule has 0 radical (unpaired) electrons. The molecule has 0 aromatic carbocycles. The van der Waals surface area contributed by atoms with Crippen molar-refractivity contribution >= 4 is 17.1 Å². The van der Waals surface area contributed by atoms with E-state index in [9.17, 15) is 4.79 Å². The molecule has 0 amide bonds. The summed E-state index contributed by atoms with van der Waals surface area (Å²) < 4.78 is 1.92. The van der Waals surface area contributed by atoms with Gasteiger partial charge in [-0.25, -0.2) is 9.97 Å². The van der Waals surface area contributed by atoms with Crippen molar-refractivity contribution in [3.8, 4) is 0 Å². The smallest absolute Gasteiger partial charge is 0.306 e. The number of carboxylic acids is 1. The van der Waals surface area contributed by atoms with Gasteiger partial charge in [0.1, 0.15) is 11.3 Å². The van der Waals surface area contributed by atoms with Crippen LogP contribution in [0, 0.1) is 12.8 Å². The number of fused-ring (bicyclic) bond motifs is 1. The summed E-state index contributed by atoms with van der Waals surface area (Å²) in [7, 11) is 1.91. The third-order valence-electron chi connectivity index (χ3n) is 2.95. The number of hydrogen-bond acceptors (Lipinski definition) is 3. The number of carboxylic acid groups (broad SMARTS) is 1. The van der Waals surface area contributed by atoms with Crippen molar-refractivity contribution in [3.63, 3.8) is 0 Å². The second-order valence-electron chi connectivity index (χ2n) is 4.35. The maximum Gasteiger partial charge on any atom is 0.306 e. The van der Waals surface area contributed by atoms with Crippen LogP contribution in [0.25, 0.3) is 11.2 Å². The van der Waals surface area contributed by atoms with Crippen LogP contribution < -0.4 is 0 Å². The van der Waals surface area contributed by atoms with E-state index in [0.717, 1.165) is 22.6 Å². The summed E-state index contributed by atoms with van der Waals surface area (Å²) in [5.74, 6) is -0.294. The number of rotatable bonds is 3. The summed E-state index contributed by atoms with van der Waals surface area (Å²) in [4.78, 5) is 19.5. The highest BCUT2D eigenvalue weighted by molar-refractivity contribution is 5.73. The molecule has 90 valence electrons. The van der Waals surface area contributed by atoms with E-state index in [1.165, 1.54) is 0 Å². The van der Waals surface area contributed by atoms with Gasteiger partial charge in [-0.1, -0.05) is 6.92 Å². The van der Waals surface area contributed by atoms with E-state index < -0.39 is 11.9 Å². The van der Waals surface area contributed by atoms with Crippen molar-refractivity contribution in [2.75, 3.05) is 0 Å². The van der Waals surface area contributed by atoms with Crippen molar-refractivity contribution in [1.82, 2.24) is 14.5 Å². The summed E-state index contributed by atoms with van der Waals surface area (Å²) in [6.07, 6.45) is 2.21. The van der Waals surface area contributed by atoms with Crippen LogP contribution in [0.3, 0.4) is 0 Å². The lowest BCUT2D eigenvalue weighted by Crippen LogP contribution is -2.12. The standard InChI is InChI=1S/C12H15N3O2/c1-7(12(16)17)4-9-5-10-11(13-6-9)15(3)8(2)14-10/h5-7H,4H2,1-3H3,(H,16,17). The average molecular weight is 233 g/mol. The second-order valence-corrected chi connectivity index (χ2v) is 4.35. The van der Waals surface area contributed by atoms with Gasteiger partial charge in [-0.3, -0.25) is 4.79 Å². The Morgan fingerprint density at radius 3 is 2.94 bits per heavy atom. The molecule has 2 heterocycles. The molecule has 0 saturated carbocycles. The van der Waals surface area contributed by atoms with Gasteiger partial charge in [0.15, 0.2) is 5.65 Å². The highest BCUT2D eigenvalue weighted by atomic mass is 16.4. The zero-order valence-corrected chi connectivity index (χ0v) is 10.1. The highest BCUT2D eigenvalue weighted by Crippen LogP contribution is 2.16. The van der Waals surface area contributed by atoms with E-state index in [-0.39, 0.29) is 0 Å². The van der Waals surface area contributed by atoms with Crippen LogP contribution in [-0.4, -0.2) is 25.6 Å². The number of aryl methyl sites for hydroxylation is 2. The van der Waals surface area contributed by atoms with Gasteiger partial charge in [-0.2, -0.15) is 0 Å². The largest absolute Gasteiger partial charge is 0.481 e. The SMILES string of the molecule is Cc1nc2cc(CC(C)C(=O)O)cnc2n1C. The van der Waals surface area contributed by atoms with Gasteiger partial charge >= 0.3 is 5.97 Å². The number of hydrogen-bond donors (Lipinski definition) is 1. The normalized spacial score (nSPS) is 12.9. The molecular weight excluding hydrogens is 218 g/mol. The van der Waals surface area contributed by atoms with Gasteiger partial charge in [0.05, 0.1) is 5.92 Å². The molecule has 0 aliphatic rings. The molecule has 0 aliphatic carbocycles. The molecule has 2 rings (SSSR count). The monoisotopic (exact) mass is 233 g/mol. The fourth-order valence-electron chi connectivity index (χ4n) is 1.78. The van der Waals surface area contributed by atoms with Gasteiger partial charge in [-0.05, 0) is 25.0 Å². The van der Waals surface area contributed by atoms with Crippen LogP contribution in [0.2, 0.25) is 0 Å². The maximum atomic E-state index is 10.8. The Hall–Kier alpha value is -1.91. The van der Waals surface area contributed by atoms with Crippen LogP contribution in [0.4, 0.5) is 0 Å². The topological polar surface area (TPSA) is 68.0 Å². The zero-order valence-electron chi connectivity index (χ0n) is 10.1. The molecule has 1 unspecified atom stereocenters. The van der Waals surface area contributed by atoms with Gasteiger partial charge in [0.2, 0.25) is 0 Å². The Labute approximate surface area is 99.1 Å². The Bertz CT molecular complexity index is 574.